The van der Waals surface area contributed by atoms with Gasteiger partial charge < -0.3 is 25.7 Å². The summed E-state index contributed by atoms with van der Waals surface area (Å²) in [6.07, 6.45) is 19.3. The second-order valence-corrected chi connectivity index (χ2v) is 11.8. The van der Waals surface area contributed by atoms with Gasteiger partial charge in [0.15, 0.2) is 0 Å². The monoisotopic (exact) mass is 628 g/mol. The standard InChI is InChI=1S/C39H52N2O5/c1-2-3-4-12-15-31-18-23-37(24-19-31)46-38(42)25-20-32-16-21-36(22-17-32)44-26-13-10-8-6-5-7-9-11-14-27-45-39(43)33-28-34(40)30-35(41)29-33/h16-25,28-30H,2-15,26-27,40-41H2,1H3. The van der Waals surface area contributed by atoms with Gasteiger partial charge in [-0.25, -0.2) is 9.59 Å². The van der Waals surface area contributed by atoms with Crippen LogP contribution in [0.1, 0.15) is 112 Å². The highest BCUT2D eigenvalue weighted by Crippen LogP contribution is 2.18. The molecule has 0 atom stereocenters. The molecular weight excluding hydrogens is 576 g/mol. The number of aryl methyl sites for hydroxylation is 1. The minimum Gasteiger partial charge on any atom is -0.494 e. The van der Waals surface area contributed by atoms with Crippen molar-refractivity contribution in [3.8, 4) is 11.5 Å². The number of nitrogens with two attached hydrogens (primary N) is 2. The van der Waals surface area contributed by atoms with E-state index < -0.39 is 5.97 Å². The van der Waals surface area contributed by atoms with E-state index in [1.54, 1.807) is 24.3 Å². The molecule has 7 heteroatoms. The maximum absolute atomic E-state index is 12.2. The fraction of sp³-hybridized carbons (Fsp3) is 0.436. The lowest BCUT2D eigenvalue weighted by atomic mass is 10.1. The van der Waals surface area contributed by atoms with Crippen LogP contribution in [0.4, 0.5) is 11.4 Å². The summed E-state index contributed by atoms with van der Waals surface area (Å²) >= 11 is 0. The van der Waals surface area contributed by atoms with E-state index in [1.807, 2.05) is 48.5 Å². The molecule has 0 bridgehead atoms. The number of benzene rings is 3. The predicted octanol–water partition coefficient (Wildman–Crippen LogP) is 9.34. The van der Waals surface area contributed by atoms with Gasteiger partial charge in [-0.15, -0.1) is 0 Å². The van der Waals surface area contributed by atoms with Crippen molar-refractivity contribution in [3.05, 3.63) is 89.5 Å². The van der Waals surface area contributed by atoms with Gasteiger partial charge in [-0.3, -0.25) is 0 Å². The summed E-state index contributed by atoms with van der Waals surface area (Å²) in [7, 11) is 0. The molecule has 248 valence electrons. The van der Waals surface area contributed by atoms with E-state index in [2.05, 4.69) is 6.92 Å². The highest BCUT2D eigenvalue weighted by Gasteiger charge is 2.08. The summed E-state index contributed by atoms with van der Waals surface area (Å²) in [5.41, 5.74) is 15.0. The van der Waals surface area contributed by atoms with E-state index in [9.17, 15) is 9.59 Å². The average Bonchev–Trinajstić information content (AvgIpc) is 3.05. The fourth-order valence-electron chi connectivity index (χ4n) is 5.14. The van der Waals surface area contributed by atoms with Gasteiger partial charge in [0.25, 0.3) is 0 Å². The first-order valence-corrected chi connectivity index (χ1v) is 17.0. The van der Waals surface area contributed by atoms with Crippen LogP contribution < -0.4 is 20.9 Å². The summed E-state index contributed by atoms with van der Waals surface area (Å²) in [4.78, 5) is 24.3. The first kappa shape index (κ1) is 36.2. The maximum atomic E-state index is 12.2. The van der Waals surface area contributed by atoms with Crippen molar-refractivity contribution in [1.29, 1.82) is 0 Å². The first-order chi connectivity index (χ1) is 22.4. The van der Waals surface area contributed by atoms with E-state index in [1.165, 1.54) is 63.0 Å². The molecule has 3 rings (SSSR count). The molecule has 0 spiro atoms. The fourth-order valence-corrected chi connectivity index (χ4v) is 5.14. The molecule has 0 aliphatic rings. The summed E-state index contributed by atoms with van der Waals surface area (Å²) in [6, 6.07) is 20.3. The Morgan fingerprint density at radius 1 is 0.652 bits per heavy atom. The number of ether oxygens (including phenoxy) is 3. The van der Waals surface area contributed by atoms with E-state index in [0.717, 1.165) is 49.8 Å². The van der Waals surface area contributed by atoms with Crippen molar-refractivity contribution < 1.29 is 23.8 Å². The molecule has 0 amide bonds. The Morgan fingerprint density at radius 2 is 1.22 bits per heavy atom. The van der Waals surface area contributed by atoms with Gasteiger partial charge >= 0.3 is 11.9 Å². The number of hydrogen-bond acceptors (Lipinski definition) is 7. The molecule has 0 heterocycles. The van der Waals surface area contributed by atoms with Crippen LogP contribution in [-0.4, -0.2) is 25.2 Å². The SMILES string of the molecule is CCCCCCc1ccc(OC(=O)C=Cc2ccc(OCCCCCCCCCCCOC(=O)c3cc(N)cc(N)c3)cc2)cc1. The zero-order valence-electron chi connectivity index (χ0n) is 27.5. The molecule has 0 radical (unpaired) electrons. The Labute approximate surface area is 275 Å². The van der Waals surface area contributed by atoms with E-state index in [0.29, 0.717) is 35.9 Å². The third-order valence-corrected chi connectivity index (χ3v) is 7.76. The lowest BCUT2D eigenvalue weighted by molar-refractivity contribution is -0.128. The zero-order chi connectivity index (χ0) is 32.8. The third-order valence-electron chi connectivity index (χ3n) is 7.76. The number of carbonyl (C=O) groups excluding carboxylic acids is 2. The van der Waals surface area contributed by atoms with Gasteiger partial charge in [0.1, 0.15) is 11.5 Å². The summed E-state index contributed by atoms with van der Waals surface area (Å²) < 4.78 is 16.7. The smallest absolute Gasteiger partial charge is 0.338 e. The van der Waals surface area contributed by atoms with Crippen LogP contribution in [0.15, 0.2) is 72.8 Å². The first-order valence-electron chi connectivity index (χ1n) is 17.0. The summed E-state index contributed by atoms with van der Waals surface area (Å²) in [5, 5.41) is 0. The van der Waals surface area contributed by atoms with Crippen LogP contribution >= 0.6 is 0 Å². The van der Waals surface area contributed by atoms with Gasteiger partial charge in [0.2, 0.25) is 0 Å². The normalized spacial score (nSPS) is 11.1. The lowest BCUT2D eigenvalue weighted by Crippen LogP contribution is -2.07. The molecular formula is C39H52N2O5. The molecule has 0 unspecified atom stereocenters. The molecule has 0 aliphatic carbocycles. The molecule has 0 aliphatic heterocycles. The largest absolute Gasteiger partial charge is 0.494 e. The zero-order valence-corrected chi connectivity index (χ0v) is 27.5. The van der Waals surface area contributed by atoms with Gasteiger partial charge in [-0.2, -0.15) is 0 Å². The Hall–Kier alpha value is -4.26. The predicted molar refractivity (Wildman–Crippen MR) is 188 cm³/mol. The number of unbranched alkanes of at least 4 members (excludes halogenated alkanes) is 11. The van der Waals surface area contributed by atoms with Crippen molar-refractivity contribution in [2.24, 2.45) is 0 Å². The molecule has 0 saturated carbocycles. The van der Waals surface area contributed by atoms with Crippen LogP contribution in [0, 0.1) is 0 Å². The van der Waals surface area contributed by atoms with Crippen molar-refractivity contribution in [3.63, 3.8) is 0 Å². The van der Waals surface area contributed by atoms with Crippen molar-refractivity contribution in [2.75, 3.05) is 24.7 Å². The third kappa shape index (κ3) is 15.2. The molecule has 0 fully saturated rings. The van der Waals surface area contributed by atoms with E-state index in [-0.39, 0.29) is 5.97 Å². The Bertz CT molecular complexity index is 1320. The van der Waals surface area contributed by atoms with Crippen LogP contribution in [-0.2, 0) is 16.0 Å². The van der Waals surface area contributed by atoms with Crippen LogP contribution in [0.5, 0.6) is 11.5 Å². The van der Waals surface area contributed by atoms with Crippen molar-refractivity contribution in [1.82, 2.24) is 0 Å². The van der Waals surface area contributed by atoms with Crippen LogP contribution in [0.25, 0.3) is 6.08 Å². The van der Waals surface area contributed by atoms with E-state index in [4.69, 9.17) is 25.7 Å². The highest BCUT2D eigenvalue weighted by atomic mass is 16.5. The number of hydrogen-bond donors (Lipinski definition) is 2. The number of carbonyl (C=O) groups is 2. The molecule has 0 saturated heterocycles. The Morgan fingerprint density at radius 3 is 1.85 bits per heavy atom. The Kier molecular flexibility index (Phi) is 16.9. The van der Waals surface area contributed by atoms with Crippen LogP contribution in [0.2, 0.25) is 0 Å². The second kappa shape index (κ2) is 21.5. The molecule has 7 nitrogen and oxygen atoms in total. The number of esters is 2. The topological polar surface area (TPSA) is 114 Å². The quantitative estimate of drug-likeness (QED) is 0.0375. The molecule has 3 aromatic rings. The molecule has 4 N–H and O–H groups in total. The second-order valence-electron chi connectivity index (χ2n) is 11.8. The van der Waals surface area contributed by atoms with Gasteiger partial charge in [0, 0.05) is 17.5 Å². The molecule has 46 heavy (non-hydrogen) atoms. The average molecular weight is 629 g/mol. The van der Waals surface area contributed by atoms with Crippen molar-refractivity contribution >= 4 is 29.4 Å². The number of rotatable bonds is 22. The van der Waals surface area contributed by atoms with E-state index >= 15 is 0 Å². The van der Waals surface area contributed by atoms with Gasteiger partial charge in [0.05, 0.1) is 18.8 Å². The highest BCUT2D eigenvalue weighted by molar-refractivity contribution is 5.91. The minimum absolute atomic E-state index is 0.378. The lowest BCUT2D eigenvalue weighted by Gasteiger charge is -2.07. The minimum atomic E-state index is -0.393. The number of anilines is 2. The van der Waals surface area contributed by atoms with Gasteiger partial charge in [-0.1, -0.05) is 95.4 Å². The molecule has 0 aromatic heterocycles. The van der Waals surface area contributed by atoms with Gasteiger partial charge in [-0.05, 0) is 85.4 Å². The van der Waals surface area contributed by atoms with Crippen molar-refractivity contribution in [2.45, 2.75) is 96.8 Å². The Balaban J connectivity index is 1.16. The van der Waals surface area contributed by atoms with Crippen LogP contribution in [0.3, 0.4) is 0 Å². The summed E-state index contributed by atoms with van der Waals surface area (Å²) in [6.45, 7) is 3.32. The number of nitrogen functional groups attached to an aromatic ring is 2. The molecule has 3 aromatic carbocycles. The maximum Gasteiger partial charge on any atom is 0.338 e. The summed E-state index contributed by atoms with van der Waals surface area (Å²) in [5.74, 6) is 0.621.